The van der Waals surface area contributed by atoms with Crippen molar-refractivity contribution >= 4 is 17.6 Å². The van der Waals surface area contributed by atoms with Crippen molar-refractivity contribution in [3.63, 3.8) is 0 Å². The summed E-state index contributed by atoms with van der Waals surface area (Å²) in [4.78, 5) is 45.1. The van der Waals surface area contributed by atoms with Gasteiger partial charge >= 0.3 is 0 Å². The van der Waals surface area contributed by atoms with Crippen LogP contribution in [0.2, 0.25) is 0 Å². The topological polar surface area (TPSA) is 138 Å². The van der Waals surface area contributed by atoms with E-state index in [1.807, 2.05) is 0 Å². The predicted molar refractivity (Wildman–Crippen MR) is 102 cm³/mol. The van der Waals surface area contributed by atoms with Crippen molar-refractivity contribution in [2.75, 3.05) is 20.0 Å². The van der Waals surface area contributed by atoms with Crippen molar-refractivity contribution in [2.24, 2.45) is 0 Å². The van der Waals surface area contributed by atoms with Crippen molar-refractivity contribution in [2.45, 2.75) is 0 Å². The normalized spacial score (nSPS) is 12.5. The van der Waals surface area contributed by atoms with E-state index in [0.29, 0.717) is 28.8 Å². The lowest BCUT2D eigenvalue weighted by molar-refractivity contribution is 0.0880. The Morgan fingerprint density at radius 2 is 1.66 bits per heavy atom. The third-order valence-electron chi connectivity index (χ3n) is 4.41. The SMILES string of the molecule is COc1cc(OC)nc(-c2cccc(-n3c(N)c4c(cc3=O)C(=O)NC4=O)c2)n1. The number of rotatable bonds is 4. The van der Waals surface area contributed by atoms with Crippen LogP contribution >= 0.6 is 0 Å². The van der Waals surface area contributed by atoms with Gasteiger partial charge in [0, 0.05) is 11.6 Å². The van der Waals surface area contributed by atoms with Gasteiger partial charge in [-0.3, -0.25) is 24.3 Å². The highest BCUT2D eigenvalue weighted by molar-refractivity contribution is 6.23. The average molecular weight is 393 g/mol. The highest BCUT2D eigenvalue weighted by atomic mass is 16.5. The smallest absolute Gasteiger partial charge is 0.262 e. The Bertz CT molecular complexity index is 1210. The molecule has 0 radical (unpaired) electrons. The summed E-state index contributed by atoms with van der Waals surface area (Å²) < 4.78 is 11.5. The number of fused-ring (bicyclic) bond motifs is 1. The molecule has 0 bridgehead atoms. The Morgan fingerprint density at radius 3 is 2.31 bits per heavy atom. The summed E-state index contributed by atoms with van der Waals surface area (Å²) in [5.74, 6) is -0.496. The zero-order valence-electron chi connectivity index (χ0n) is 15.4. The highest BCUT2D eigenvalue weighted by Gasteiger charge is 2.31. The second kappa shape index (κ2) is 6.75. The first-order valence-corrected chi connectivity index (χ1v) is 8.42. The molecule has 10 nitrogen and oxygen atoms in total. The Kier molecular flexibility index (Phi) is 4.23. The monoisotopic (exact) mass is 393 g/mol. The summed E-state index contributed by atoms with van der Waals surface area (Å²) in [6.45, 7) is 0. The largest absolute Gasteiger partial charge is 0.481 e. The van der Waals surface area contributed by atoms with Gasteiger partial charge in [0.15, 0.2) is 5.82 Å². The van der Waals surface area contributed by atoms with Crippen molar-refractivity contribution < 1.29 is 19.1 Å². The number of benzene rings is 1. The number of hydrogen-bond donors (Lipinski definition) is 2. The average Bonchev–Trinajstić information content (AvgIpc) is 3.01. The minimum atomic E-state index is -0.647. The van der Waals surface area contributed by atoms with Crippen molar-refractivity contribution in [1.29, 1.82) is 0 Å². The van der Waals surface area contributed by atoms with Gasteiger partial charge in [0.1, 0.15) is 5.82 Å². The van der Waals surface area contributed by atoms with Crippen LogP contribution in [0, 0.1) is 0 Å². The lowest BCUT2D eigenvalue weighted by Gasteiger charge is -2.13. The van der Waals surface area contributed by atoms with Crippen LogP contribution in [0.3, 0.4) is 0 Å². The molecule has 3 heterocycles. The van der Waals surface area contributed by atoms with Crippen molar-refractivity contribution in [3.05, 3.63) is 57.9 Å². The number of amides is 2. The Balaban J connectivity index is 1.88. The fourth-order valence-electron chi connectivity index (χ4n) is 3.07. The maximum atomic E-state index is 12.6. The van der Waals surface area contributed by atoms with Gasteiger partial charge in [0.25, 0.3) is 17.4 Å². The van der Waals surface area contributed by atoms with E-state index in [0.717, 1.165) is 10.6 Å². The van der Waals surface area contributed by atoms with Gasteiger partial charge in [-0.2, -0.15) is 9.97 Å². The molecule has 0 unspecified atom stereocenters. The minimum Gasteiger partial charge on any atom is -0.481 e. The first-order chi connectivity index (χ1) is 13.9. The number of imide groups is 1. The van der Waals surface area contributed by atoms with Crippen LogP contribution in [0.5, 0.6) is 11.8 Å². The van der Waals surface area contributed by atoms with Crippen LogP contribution in [-0.4, -0.2) is 40.6 Å². The Morgan fingerprint density at radius 1 is 0.966 bits per heavy atom. The fourth-order valence-corrected chi connectivity index (χ4v) is 3.07. The third-order valence-corrected chi connectivity index (χ3v) is 4.41. The Hall–Kier alpha value is -4.21. The third kappa shape index (κ3) is 2.96. The number of nitrogens with two attached hydrogens (primary N) is 1. The van der Waals surface area contributed by atoms with E-state index in [9.17, 15) is 14.4 Å². The van der Waals surface area contributed by atoms with E-state index >= 15 is 0 Å². The predicted octanol–water partition coefficient (Wildman–Crippen LogP) is 0.777. The fraction of sp³-hybridized carbons (Fsp3) is 0.105. The zero-order chi connectivity index (χ0) is 20.7. The highest BCUT2D eigenvalue weighted by Crippen LogP contribution is 2.26. The molecule has 1 aliphatic rings. The first kappa shape index (κ1) is 18.2. The molecule has 1 aliphatic heterocycles. The second-order valence-electron chi connectivity index (χ2n) is 6.10. The molecule has 29 heavy (non-hydrogen) atoms. The first-order valence-electron chi connectivity index (χ1n) is 8.42. The molecule has 0 spiro atoms. The number of carbonyl (C=O) groups excluding carboxylic acids is 2. The summed E-state index contributed by atoms with van der Waals surface area (Å²) in [6.07, 6.45) is 0. The second-order valence-corrected chi connectivity index (χ2v) is 6.10. The van der Waals surface area contributed by atoms with E-state index in [1.54, 1.807) is 24.3 Å². The molecule has 10 heteroatoms. The van der Waals surface area contributed by atoms with Gasteiger partial charge in [-0.25, -0.2) is 0 Å². The molecule has 2 aromatic heterocycles. The Labute approximate surface area is 163 Å². The van der Waals surface area contributed by atoms with Crippen LogP contribution < -0.4 is 26.1 Å². The number of methoxy groups -OCH3 is 2. The van der Waals surface area contributed by atoms with Crippen LogP contribution in [0.1, 0.15) is 20.7 Å². The van der Waals surface area contributed by atoms with E-state index in [1.165, 1.54) is 20.3 Å². The van der Waals surface area contributed by atoms with Gasteiger partial charge in [0.2, 0.25) is 11.8 Å². The van der Waals surface area contributed by atoms with Gasteiger partial charge in [-0.05, 0) is 12.1 Å². The van der Waals surface area contributed by atoms with E-state index in [2.05, 4.69) is 15.3 Å². The van der Waals surface area contributed by atoms with Crippen LogP contribution in [0.15, 0.2) is 41.2 Å². The molecule has 3 aromatic rings. The molecule has 0 fully saturated rings. The maximum absolute atomic E-state index is 12.6. The van der Waals surface area contributed by atoms with Crippen LogP contribution in [0.25, 0.3) is 17.1 Å². The molecular weight excluding hydrogens is 378 g/mol. The molecule has 0 atom stereocenters. The van der Waals surface area contributed by atoms with Gasteiger partial charge in [-0.15, -0.1) is 0 Å². The summed E-state index contributed by atoms with van der Waals surface area (Å²) in [5.41, 5.74) is 6.41. The van der Waals surface area contributed by atoms with E-state index in [4.69, 9.17) is 15.2 Å². The lowest BCUT2D eigenvalue weighted by atomic mass is 10.1. The molecule has 146 valence electrons. The molecule has 0 saturated heterocycles. The van der Waals surface area contributed by atoms with Crippen molar-refractivity contribution in [3.8, 4) is 28.8 Å². The van der Waals surface area contributed by atoms with Gasteiger partial charge in [0.05, 0.1) is 37.1 Å². The standard InChI is InChI=1S/C19H15N5O5/c1-28-12-8-13(29-2)22-17(21-12)9-4-3-5-10(6-9)24-14(25)7-11-15(16(24)20)19(27)23-18(11)26/h3-8H,20H2,1-2H3,(H,23,26,27). The molecular formula is C19H15N5O5. The number of nitrogens with one attached hydrogen (secondary N) is 1. The molecule has 0 aliphatic carbocycles. The number of ether oxygens (including phenoxy) is 2. The zero-order valence-corrected chi connectivity index (χ0v) is 15.4. The quantitative estimate of drug-likeness (QED) is 0.620. The number of anilines is 1. The number of pyridine rings is 1. The number of nitrogen functional groups attached to an aromatic ring is 1. The molecule has 3 N–H and O–H groups in total. The summed E-state index contributed by atoms with van der Waals surface area (Å²) in [6, 6.07) is 9.31. The van der Waals surface area contributed by atoms with Gasteiger partial charge in [-0.1, -0.05) is 12.1 Å². The van der Waals surface area contributed by atoms with E-state index in [-0.39, 0.29) is 16.9 Å². The molecule has 2 amide bonds. The summed E-state index contributed by atoms with van der Waals surface area (Å²) in [5, 5.41) is 2.13. The van der Waals surface area contributed by atoms with Crippen molar-refractivity contribution in [1.82, 2.24) is 19.9 Å². The number of aromatic nitrogens is 3. The lowest BCUT2D eigenvalue weighted by Crippen LogP contribution is -2.24. The number of carbonyl (C=O) groups is 2. The van der Waals surface area contributed by atoms with Crippen LogP contribution in [0.4, 0.5) is 5.82 Å². The summed E-state index contributed by atoms with van der Waals surface area (Å²) in [7, 11) is 2.94. The van der Waals surface area contributed by atoms with Crippen LogP contribution in [-0.2, 0) is 0 Å². The summed E-state index contributed by atoms with van der Waals surface area (Å²) >= 11 is 0. The molecule has 0 saturated carbocycles. The van der Waals surface area contributed by atoms with E-state index < -0.39 is 17.4 Å². The van der Waals surface area contributed by atoms with Gasteiger partial charge < -0.3 is 15.2 Å². The number of nitrogens with zero attached hydrogens (tertiary/aromatic N) is 3. The molecule has 1 aromatic carbocycles. The molecule has 4 rings (SSSR count). The maximum Gasteiger partial charge on any atom is 0.262 e. The minimum absolute atomic E-state index is 0.0284. The number of hydrogen-bond acceptors (Lipinski definition) is 8.